The van der Waals surface area contributed by atoms with Gasteiger partial charge in [-0.15, -0.1) is 0 Å². The van der Waals surface area contributed by atoms with Crippen molar-refractivity contribution in [2.24, 2.45) is 11.8 Å². The molecule has 2 amide bonds. The third-order valence-electron chi connectivity index (χ3n) is 6.85. The van der Waals surface area contributed by atoms with Gasteiger partial charge in [0, 0.05) is 11.8 Å². The van der Waals surface area contributed by atoms with Crippen molar-refractivity contribution in [3.05, 3.63) is 33.8 Å². The molecule has 2 aliphatic rings. The van der Waals surface area contributed by atoms with Gasteiger partial charge in [-0.2, -0.15) is 0 Å². The third kappa shape index (κ3) is 6.31. The number of alkyl carbamates (subject to hydrolysis) is 1. The lowest BCUT2D eigenvalue weighted by Crippen LogP contribution is -2.67. The fourth-order valence-electron chi connectivity index (χ4n) is 5.12. The molecular formula is C27H35Cl2FN2O8. The molecule has 0 heterocycles. The molecule has 0 saturated heterocycles. The van der Waals surface area contributed by atoms with Gasteiger partial charge in [-0.1, -0.05) is 29.3 Å². The zero-order chi connectivity index (χ0) is 30.0. The summed E-state index contributed by atoms with van der Waals surface area (Å²) in [6, 6.07) is 3.62. The summed E-state index contributed by atoms with van der Waals surface area (Å²) >= 11 is 12.1. The monoisotopic (exact) mass is 604 g/mol. The Morgan fingerprint density at radius 1 is 1.07 bits per heavy atom. The van der Waals surface area contributed by atoms with Crippen LogP contribution in [0.5, 0.6) is 0 Å². The zero-order valence-electron chi connectivity index (χ0n) is 23.3. The van der Waals surface area contributed by atoms with Gasteiger partial charge >= 0.3 is 18.0 Å². The Bertz CT molecular complexity index is 1160. The van der Waals surface area contributed by atoms with E-state index in [1.165, 1.54) is 13.8 Å². The largest absolute Gasteiger partial charge is 0.464 e. The van der Waals surface area contributed by atoms with Crippen LogP contribution in [0.2, 0.25) is 10.0 Å². The summed E-state index contributed by atoms with van der Waals surface area (Å²) in [5.74, 6) is -5.24. The SMILES string of the molecule is CCOC(=O)[C@@]1(F)[C@@H]2C[C@@H](OCc3ccc(Cl)c(Cl)c3)[C@@](NC(=O)[C@H](C)NC(=O)OC(C)(C)C)(C(=O)OCC)[C@@H]21. The summed E-state index contributed by atoms with van der Waals surface area (Å²) in [6.07, 6.45) is -2.05. The lowest BCUT2D eigenvalue weighted by Gasteiger charge is -2.38. The smallest absolute Gasteiger partial charge is 0.408 e. The Hall–Kier alpha value is -2.63. The molecule has 0 unspecified atom stereocenters. The number of carbonyl (C=O) groups is 4. The lowest BCUT2D eigenvalue weighted by atomic mass is 9.86. The fourth-order valence-corrected chi connectivity index (χ4v) is 5.44. The molecule has 10 nitrogen and oxygen atoms in total. The van der Waals surface area contributed by atoms with Crippen molar-refractivity contribution in [3.63, 3.8) is 0 Å². The van der Waals surface area contributed by atoms with Gasteiger partial charge in [0.1, 0.15) is 11.6 Å². The van der Waals surface area contributed by atoms with E-state index in [-0.39, 0.29) is 31.3 Å². The summed E-state index contributed by atoms with van der Waals surface area (Å²) in [7, 11) is 0. The Morgan fingerprint density at radius 2 is 1.70 bits per heavy atom. The molecule has 40 heavy (non-hydrogen) atoms. The topological polar surface area (TPSA) is 129 Å². The molecule has 2 aliphatic carbocycles. The van der Waals surface area contributed by atoms with Gasteiger partial charge in [0.05, 0.1) is 36.0 Å². The minimum absolute atomic E-state index is 0.0670. The third-order valence-corrected chi connectivity index (χ3v) is 7.58. The van der Waals surface area contributed by atoms with Gasteiger partial charge in [0.15, 0.2) is 5.54 Å². The first-order valence-corrected chi connectivity index (χ1v) is 13.8. The minimum atomic E-state index is -2.54. The number of fused-ring (bicyclic) bond motifs is 1. The van der Waals surface area contributed by atoms with Crippen LogP contribution in [0.25, 0.3) is 0 Å². The summed E-state index contributed by atoms with van der Waals surface area (Å²) in [5, 5.41) is 5.61. The number of hydrogen-bond donors (Lipinski definition) is 2. The standard InChI is InChI=1S/C27H35Cl2FN2O8/c1-7-37-22(34)26(30)16-12-19(39-13-15-9-10-17(28)18(29)11-15)27(20(16)26,23(35)38-8-2)32-21(33)14(3)31-24(36)40-25(4,5)6/h9-11,14,16,19-20H,7-8,12-13H2,1-6H3,(H,31,36)(H,32,33)/t14-,16+,19+,20-,26+,27-/m0/s1. The molecule has 1 aromatic carbocycles. The normalized spacial score (nSPS) is 27.7. The molecule has 2 saturated carbocycles. The molecule has 222 valence electrons. The Kier molecular flexibility index (Phi) is 9.63. The first kappa shape index (κ1) is 31.9. The van der Waals surface area contributed by atoms with Crippen LogP contribution in [0.15, 0.2) is 18.2 Å². The summed E-state index contributed by atoms with van der Waals surface area (Å²) in [4.78, 5) is 51.9. The molecule has 13 heteroatoms. The van der Waals surface area contributed by atoms with Gasteiger partial charge in [0.25, 0.3) is 0 Å². The number of alkyl halides is 1. The Labute approximate surface area is 242 Å². The van der Waals surface area contributed by atoms with Crippen molar-refractivity contribution in [2.75, 3.05) is 13.2 Å². The average molecular weight is 605 g/mol. The highest BCUT2D eigenvalue weighted by molar-refractivity contribution is 6.42. The van der Waals surface area contributed by atoms with E-state index in [9.17, 15) is 19.2 Å². The summed E-state index contributed by atoms with van der Waals surface area (Å²) < 4.78 is 37.7. The highest BCUT2D eigenvalue weighted by Gasteiger charge is 2.87. The predicted molar refractivity (Wildman–Crippen MR) is 143 cm³/mol. The number of benzene rings is 1. The van der Waals surface area contributed by atoms with E-state index in [4.69, 9.17) is 42.1 Å². The molecule has 2 N–H and O–H groups in total. The van der Waals surface area contributed by atoms with E-state index < -0.39 is 64.7 Å². The first-order valence-electron chi connectivity index (χ1n) is 13.0. The molecule has 0 aliphatic heterocycles. The van der Waals surface area contributed by atoms with Crippen LogP contribution < -0.4 is 10.6 Å². The summed E-state index contributed by atoms with van der Waals surface area (Å²) in [6.45, 7) is 9.21. The number of rotatable bonds is 10. The van der Waals surface area contributed by atoms with Crippen molar-refractivity contribution in [3.8, 4) is 0 Å². The van der Waals surface area contributed by atoms with Gasteiger partial charge in [-0.25, -0.2) is 18.8 Å². The fraction of sp³-hybridized carbons (Fsp3) is 0.630. The minimum Gasteiger partial charge on any atom is -0.464 e. The van der Waals surface area contributed by atoms with Crippen LogP contribution in [0.3, 0.4) is 0 Å². The molecular weight excluding hydrogens is 570 g/mol. The second-order valence-corrected chi connectivity index (χ2v) is 11.6. The first-order chi connectivity index (χ1) is 18.6. The maximum Gasteiger partial charge on any atom is 0.408 e. The van der Waals surface area contributed by atoms with E-state index in [1.807, 2.05) is 0 Å². The van der Waals surface area contributed by atoms with E-state index in [2.05, 4.69) is 10.6 Å². The van der Waals surface area contributed by atoms with E-state index in [0.29, 0.717) is 10.6 Å². The van der Waals surface area contributed by atoms with Crippen molar-refractivity contribution in [1.29, 1.82) is 0 Å². The molecule has 3 rings (SSSR count). The predicted octanol–water partition coefficient (Wildman–Crippen LogP) is 4.13. The number of hydrogen-bond acceptors (Lipinski definition) is 8. The number of amides is 2. The van der Waals surface area contributed by atoms with Gasteiger partial charge in [-0.3, -0.25) is 4.79 Å². The van der Waals surface area contributed by atoms with Crippen LogP contribution in [0.1, 0.15) is 53.5 Å². The molecule has 2 fully saturated rings. The molecule has 1 aromatic rings. The number of carbonyl (C=O) groups excluding carboxylic acids is 4. The number of esters is 2. The average Bonchev–Trinajstić information content (AvgIpc) is 3.30. The van der Waals surface area contributed by atoms with E-state index in [0.717, 1.165) is 0 Å². The van der Waals surface area contributed by atoms with Gasteiger partial charge < -0.3 is 29.6 Å². The molecule has 0 spiro atoms. The van der Waals surface area contributed by atoms with Crippen LogP contribution >= 0.6 is 23.2 Å². The number of nitrogens with one attached hydrogen (secondary N) is 2. The second-order valence-electron chi connectivity index (χ2n) is 10.8. The number of halogens is 3. The van der Waals surface area contributed by atoms with Crippen molar-refractivity contribution in [1.82, 2.24) is 10.6 Å². The Morgan fingerprint density at radius 3 is 2.27 bits per heavy atom. The van der Waals surface area contributed by atoms with Crippen LogP contribution in [0.4, 0.5) is 9.18 Å². The molecule has 0 aromatic heterocycles. The van der Waals surface area contributed by atoms with Crippen LogP contribution in [-0.4, -0.2) is 66.1 Å². The summed E-state index contributed by atoms with van der Waals surface area (Å²) in [5.41, 5.74) is -4.85. The van der Waals surface area contributed by atoms with Crippen molar-refractivity contribution < 1.29 is 42.5 Å². The molecule has 0 bridgehead atoms. The van der Waals surface area contributed by atoms with E-state index >= 15 is 4.39 Å². The maximum atomic E-state index is 16.2. The van der Waals surface area contributed by atoms with Crippen LogP contribution in [-0.2, 0) is 39.9 Å². The molecule has 0 radical (unpaired) electrons. The lowest BCUT2D eigenvalue weighted by molar-refractivity contribution is -0.168. The number of ether oxygens (including phenoxy) is 4. The van der Waals surface area contributed by atoms with Crippen molar-refractivity contribution >= 4 is 47.1 Å². The maximum absolute atomic E-state index is 16.2. The second kappa shape index (κ2) is 12.1. The van der Waals surface area contributed by atoms with E-state index in [1.54, 1.807) is 45.9 Å². The van der Waals surface area contributed by atoms with Gasteiger partial charge in [-0.05, 0) is 65.7 Å². The highest BCUT2D eigenvalue weighted by atomic mass is 35.5. The zero-order valence-corrected chi connectivity index (χ0v) is 24.8. The van der Waals surface area contributed by atoms with Crippen molar-refractivity contribution in [2.45, 2.75) is 83.5 Å². The quantitative estimate of drug-likeness (QED) is 0.301. The Balaban J connectivity index is 1.94. The van der Waals surface area contributed by atoms with Crippen LogP contribution in [0, 0.1) is 11.8 Å². The molecule has 6 atom stereocenters. The highest BCUT2D eigenvalue weighted by Crippen LogP contribution is 2.68. The van der Waals surface area contributed by atoms with Gasteiger partial charge in [0.2, 0.25) is 11.6 Å².